The smallest absolute Gasteiger partial charge is 0.240 e. The van der Waals surface area contributed by atoms with Crippen molar-refractivity contribution < 1.29 is 4.79 Å². The second kappa shape index (κ2) is 5.75. The van der Waals surface area contributed by atoms with E-state index in [1.807, 2.05) is 6.92 Å². The fourth-order valence-electron chi connectivity index (χ4n) is 2.63. The van der Waals surface area contributed by atoms with Crippen LogP contribution >= 0.6 is 11.3 Å². The van der Waals surface area contributed by atoms with E-state index < -0.39 is 0 Å². The highest BCUT2D eigenvalue weighted by atomic mass is 32.1. The summed E-state index contributed by atoms with van der Waals surface area (Å²) in [7, 11) is 0. The van der Waals surface area contributed by atoms with Gasteiger partial charge >= 0.3 is 0 Å². The number of likely N-dealkylation sites (tertiary alicyclic amines) is 1. The SMILES string of the molecule is Cc1nnc(NC(=O)CN2CC(C)CC(C)C2)s1. The molecule has 0 saturated carbocycles. The van der Waals surface area contributed by atoms with E-state index in [0.717, 1.165) is 18.1 Å². The van der Waals surface area contributed by atoms with E-state index in [9.17, 15) is 4.79 Å². The second-order valence-corrected chi connectivity index (χ2v) is 6.50. The van der Waals surface area contributed by atoms with Gasteiger partial charge in [0, 0.05) is 13.1 Å². The van der Waals surface area contributed by atoms with E-state index in [1.54, 1.807) is 0 Å². The van der Waals surface area contributed by atoms with Crippen LogP contribution in [0.15, 0.2) is 0 Å². The molecule has 0 bridgehead atoms. The Balaban J connectivity index is 1.83. The largest absolute Gasteiger partial charge is 0.299 e. The van der Waals surface area contributed by atoms with Crippen LogP contribution in [-0.2, 0) is 4.79 Å². The summed E-state index contributed by atoms with van der Waals surface area (Å²) in [6, 6.07) is 0. The zero-order valence-electron chi connectivity index (χ0n) is 11.1. The molecular weight excluding hydrogens is 248 g/mol. The number of amides is 1. The summed E-state index contributed by atoms with van der Waals surface area (Å²) in [5, 5.41) is 12.0. The number of rotatable bonds is 3. The van der Waals surface area contributed by atoms with E-state index >= 15 is 0 Å². The van der Waals surface area contributed by atoms with Crippen molar-refractivity contribution in [2.45, 2.75) is 27.2 Å². The number of hydrogen-bond donors (Lipinski definition) is 1. The molecule has 1 saturated heterocycles. The number of aryl methyl sites for hydroxylation is 1. The van der Waals surface area contributed by atoms with Gasteiger partial charge in [-0.25, -0.2) is 0 Å². The van der Waals surface area contributed by atoms with Crippen molar-refractivity contribution in [2.75, 3.05) is 25.0 Å². The third-order valence-corrected chi connectivity index (χ3v) is 3.84. The lowest BCUT2D eigenvalue weighted by Crippen LogP contribution is -2.42. The highest BCUT2D eigenvalue weighted by molar-refractivity contribution is 7.15. The Bertz CT molecular complexity index is 410. The molecular formula is C12H20N4OS. The van der Waals surface area contributed by atoms with Gasteiger partial charge < -0.3 is 0 Å². The van der Waals surface area contributed by atoms with Gasteiger partial charge in [-0.1, -0.05) is 25.2 Å². The number of anilines is 1. The van der Waals surface area contributed by atoms with Gasteiger partial charge in [-0.2, -0.15) is 0 Å². The maximum absolute atomic E-state index is 11.9. The Morgan fingerprint density at radius 3 is 2.61 bits per heavy atom. The van der Waals surface area contributed by atoms with E-state index in [2.05, 4.69) is 34.3 Å². The van der Waals surface area contributed by atoms with Gasteiger partial charge in [0.15, 0.2) is 0 Å². The summed E-state index contributed by atoms with van der Waals surface area (Å²) in [6.07, 6.45) is 1.26. The molecule has 2 heterocycles. The van der Waals surface area contributed by atoms with Gasteiger partial charge in [0.1, 0.15) is 5.01 Å². The summed E-state index contributed by atoms with van der Waals surface area (Å²) in [5.41, 5.74) is 0. The first kappa shape index (κ1) is 13.4. The second-order valence-electron chi connectivity index (χ2n) is 5.31. The Hall–Kier alpha value is -1.01. The third-order valence-electron chi connectivity index (χ3n) is 3.08. The molecule has 0 radical (unpaired) electrons. The normalized spacial score (nSPS) is 25.1. The maximum Gasteiger partial charge on any atom is 0.240 e. The molecule has 1 aromatic rings. The Labute approximate surface area is 112 Å². The van der Waals surface area contributed by atoms with Crippen molar-refractivity contribution in [3.05, 3.63) is 5.01 Å². The van der Waals surface area contributed by atoms with Gasteiger partial charge in [0.2, 0.25) is 11.0 Å². The molecule has 1 aromatic heterocycles. The quantitative estimate of drug-likeness (QED) is 0.907. The van der Waals surface area contributed by atoms with Crippen molar-refractivity contribution in [1.29, 1.82) is 0 Å². The number of nitrogens with one attached hydrogen (secondary N) is 1. The lowest BCUT2D eigenvalue weighted by atomic mass is 9.92. The first-order chi connectivity index (χ1) is 8.52. The molecule has 1 fully saturated rings. The fourth-order valence-corrected chi connectivity index (χ4v) is 3.24. The lowest BCUT2D eigenvalue weighted by molar-refractivity contribution is -0.117. The Morgan fingerprint density at radius 1 is 1.39 bits per heavy atom. The Morgan fingerprint density at radius 2 is 2.06 bits per heavy atom. The molecule has 5 nitrogen and oxygen atoms in total. The Kier molecular flexibility index (Phi) is 4.29. The van der Waals surface area contributed by atoms with Gasteiger partial charge in [-0.15, -0.1) is 10.2 Å². The molecule has 100 valence electrons. The molecule has 6 heteroatoms. The topological polar surface area (TPSA) is 58.1 Å². The highest BCUT2D eigenvalue weighted by Crippen LogP contribution is 2.20. The number of nitrogens with zero attached hydrogens (tertiary/aromatic N) is 3. The number of aromatic nitrogens is 2. The van der Waals surface area contributed by atoms with Gasteiger partial charge in [0.05, 0.1) is 6.54 Å². The summed E-state index contributed by atoms with van der Waals surface area (Å²) < 4.78 is 0. The first-order valence-electron chi connectivity index (χ1n) is 6.35. The van der Waals surface area contributed by atoms with Crippen LogP contribution in [0.3, 0.4) is 0 Å². The molecule has 1 amide bonds. The molecule has 2 atom stereocenters. The standard InChI is InChI=1S/C12H20N4OS/c1-8-4-9(2)6-16(5-8)7-11(17)13-12-15-14-10(3)18-12/h8-9H,4-7H2,1-3H3,(H,13,15,17). The van der Waals surface area contributed by atoms with Crippen LogP contribution in [0, 0.1) is 18.8 Å². The minimum atomic E-state index is 0.00690. The van der Waals surface area contributed by atoms with E-state index in [1.165, 1.54) is 17.8 Å². The number of carbonyl (C=O) groups excluding carboxylic acids is 1. The van der Waals surface area contributed by atoms with Crippen LogP contribution in [0.4, 0.5) is 5.13 Å². The molecule has 1 aliphatic heterocycles. The van der Waals surface area contributed by atoms with Crippen molar-refractivity contribution >= 4 is 22.4 Å². The monoisotopic (exact) mass is 268 g/mol. The lowest BCUT2D eigenvalue weighted by Gasteiger charge is -2.34. The van der Waals surface area contributed by atoms with E-state index in [0.29, 0.717) is 23.5 Å². The molecule has 0 spiro atoms. The summed E-state index contributed by atoms with van der Waals surface area (Å²) in [5.74, 6) is 1.35. The summed E-state index contributed by atoms with van der Waals surface area (Å²) in [6.45, 7) is 8.83. The van der Waals surface area contributed by atoms with Crippen LogP contribution in [0.1, 0.15) is 25.3 Å². The van der Waals surface area contributed by atoms with E-state index in [-0.39, 0.29) is 5.91 Å². The first-order valence-corrected chi connectivity index (χ1v) is 7.17. The molecule has 1 aliphatic rings. The van der Waals surface area contributed by atoms with Gasteiger partial charge in [-0.05, 0) is 25.2 Å². The molecule has 2 rings (SSSR count). The third kappa shape index (κ3) is 3.74. The minimum Gasteiger partial charge on any atom is -0.299 e. The van der Waals surface area contributed by atoms with Gasteiger partial charge in [-0.3, -0.25) is 15.0 Å². The van der Waals surface area contributed by atoms with Crippen LogP contribution in [-0.4, -0.2) is 40.6 Å². The van der Waals surface area contributed by atoms with Crippen LogP contribution in [0.5, 0.6) is 0 Å². The fraction of sp³-hybridized carbons (Fsp3) is 0.750. The number of carbonyl (C=O) groups is 1. The molecule has 18 heavy (non-hydrogen) atoms. The number of hydrogen-bond acceptors (Lipinski definition) is 5. The molecule has 2 unspecified atom stereocenters. The molecule has 0 aromatic carbocycles. The van der Waals surface area contributed by atoms with Crippen LogP contribution in [0.25, 0.3) is 0 Å². The summed E-state index contributed by atoms with van der Waals surface area (Å²) in [4.78, 5) is 14.1. The zero-order valence-corrected chi connectivity index (χ0v) is 12.0. The predicted molar refractivity (Wildman–Crippen MR) is 72.7 cm³/mol. The molecule has 1 N–H and O–H groups in total. The van der Waals surface area contributed by atoms with Crippen LogP contribution < -0.4 is 5.32 Å². The average Bonchev–Trinajstić information content (AvgIpc) is 2.61. The minimum absolute atomic E-state index is 0.00690. The maximum atomic E-state index is 11.9. The van der Waals surface area contributed by atoms with Gasteiger partial charge in [0.25, 0.3) is 0 Å². The van der Waals surface area contributed by atoms with Crippen LogP contribution in [0.2, 0.25) is 0 Å². The number of piperidine rings is 1. The average molecular weight is 268 g/mol. The zero-order chi connectivity index (χ0) is 13.1. The predicted octanol–water partition coefficient (Wildman–Crippen LogP) is 1.76. The van der Waals surface area contributed by atoms with Crippen molar-refractivity contribution in [1.82, 2.24) is 15.1 Å². The van der Waals surface area contributed by atoms with Crippen molar-refractivity contribution in [2.24, 2.45) is 11.8 Å². The van der Waals surface area contributed by atoms with Crippen molar-refractivity contribution in [3.63, 3.8) is 0 Å². The molecule has 0 aliphatic carbocycles. The summed E-state index contributed by atoms with van der Waals surface area (Å²) >= 11 is 1.41. The van der Waals surface area contributed by atoms with Crippen molar-refractivity contribution in [3.8, 4) is 0 Å². The van der Waals surface area contributed by atoms with E-state index in [4.69, 9.17) is 0 Å². The highest BCUT2D eigenvalue weighted by Gasteiger charge is 2.23.